The molecule has 2 aromatic carbocycles. The van der Waals surface area contributed by atoms with Crippen LogP contribution in [0.3, 0.4) is 0 Å². The summed E-state index contributed by atoms with van der Waals surface area (Å²) >= 11 is 0. The predicted molar refractivity (Wildman–Crippen MR) is 121 cm³/mol. The molecule has 0 aliphatic heterocycles. The number of rotatable bonds is 4. The van der Waals surface area contributed by atoms with Crippen LogP contribution in [-0.2, 0) is 0 Å². The fraction of sp³-hybridized carbons (Fsp3) is 0.0833. The summed E-state index contributed by atoms with van der Waals surface area (Å²) in [5.74, 6) is 1.66. The molecule has 0 radical (unpaired) electrons. The van der Waals surface area contributed by atoms with E-state index in [0.717, 1.165) is 38.6 Å². The summed E-state index contributed by atoms with van der Waals surface area (Å²) in [6.45, 7) is 4.16. The van der Waals surface area contributed by atoms with Gasteiger partial charge in [-0.25, -0.2) is 9.97 Å². The molecule has 30 heavy (non-hydrogen) atoms. The van der Waals surface area contributed by atoms with Crippen molar-refractivity contribution in [2.24, 2.45) is 0 Å². The maximum Gasteiger partial charge on any atom is 0.150 e. The van der Waals surface area contributed by atoms with Crippen molar-refractivity contribution in [3.05, 3.63) is 77.8 Å². The summed E-state index contributed by atoms with van der Waals surface area (Å²) in [6, 6.07) is 14.2. The van der Waals surface area contributed by atoms with Crippen molar-refractivity contribution in [1.82, 2.24) is 15.0 Å². The lowest BCUT2D eigenvalue weighted by molar-refractivity contribution is 1.19. The van der Waals surface area contributed by atoms with Gasteiger partial charge in [-0.1, -0.05) is 30.3 Å². The van der Waals surface area contributed by atoms with Crippen LogP contribution < -0.4 is 11.1 Å². The second-order valence-electron chi connectivity index (χ2n) is 7.00. The van der Waals surface area contributed by atoms with E-state index in [1.807, 2.05) is 30.3 Å². The number of pyridine rings is 1. The van der Waals surface area contributed by atoms with Crippen LogP contribution in [0, 0.1) is 25.2 Å². The monoisotopic (exact) mass is 392 g/mol. The van der Waals surface area contributed by atoms with Gasteiger partial charge in [-0.2, -0.15) is 5.26 Å². The van der Waals surface area contributed by atoms with E-state index in [4.69, 9.17) is 11.0 Å². The fourth-order valence-electron chi connectivity index (χ4n) is 3.73. The largest absolute Gasteiger partial charge is 0.383 e. The molecule has 2 aromatic heterocycles. The van der Waals surface area contributed by atoms with Gasteiger partial charge >= 0.3 is 0 Å². The number of hydrogen-bond donors (Lipinski definition) is 2. The van der Waals surface area contributed by atoms with E-state index in [9.17, 15) is 0 Å². The first kappa shape index (κ1) is 19.1. The Kier molecular flexibility index (Phi) is 5.10. The Bertz CT molecular complexity index is 1280. The lowest BCUT2D eigenvalue weighted by Crippen LogP contribution is -2.01. The summed E-state index contributed by atoms with van der Waals surface area (Å²) in [5.41, 5.74) is 11.8. The smallest absolute Gasteiger partial charge is 0.150 e. The van der Waals surface area contributed by atoms with Crippen LogP contribution in [0.1, 0.15) is 16.7 Å². The first-order valence-electron chi connectivity index (χ1n) is 9.47. The molecule has 3 N–H and O–H groups in total. The summed E-state index contributed by atoms with van der Waals surface area (Å²) in [5, 5.41) is 13.9. The minimum atomic E-state index is 0.449. The molecule has 0 amide bonds. The molecule has 0 saturated heterocycles. The minimum Gasteiger partial charge on any atom is -0.383 e. The van der Waals surface area contributed by atoms with Gasteiger partial charge in [0.2, 0.25) is 0 Å². The van der Waals surface area contributed by atoms with E-state index in [0.29, 0.717) is 17.5 Å². The molecule has 0 fully saturated rings. The van der Waals surface area contributed by atoms with E-state index in [1.54, 1.807) is 18.6 Å². The molecular weight excluding hydrogens is 372 g/mol. The van der Waals surface area contributed by atoms with Crippen LogP contribution in [0.4, 0.5) is 17.5 Å². The predicted octanol–water partition coefficient (Wildman–Crippen LogP) is 5.17. The molecule has 0 unspecified atom stereocenters. The van der Waals surface area contributed by atoms with Crippen molar-refractivity contribution in [2.75, 3.05) is 11.1 Å². The van der Waals surface area contributed by atoms with E-state index in [-0.39, 0.29) is 0 Å². The Morgan fingerprint density at radius 2 is 1.83 bits per heavy atom. The molecule has 146 valence electrons. The zero-order valence-electron chi connectivity index (χ0n) is 16.7. The standard InChI is InChI=1S/C24H20N6/c1-15-11-17(5-4-8-25)12-16(2)23(15)18-6-3-7-19-20(18)13-21(30-24(19)26)29-22-14-27-9-10-28-22/h3-7,9-14H,1-2H3,(H3,26,28,29,30)/b5-4+. The van der Waals surface area contributed by atoms with Gasteiger partial charge in [-0.3, -0.25) is 4.98 Å². The Morgan fingerprint density at radius 3 is 2.53 bits per heavy atom. The van der Waals surface area contributed by atoms with Crippen molar-refractivity contribution in [2.45, 2.75) is 13.8 Å². The van der Waals surface area contributed by atoms with Crippen molar-refractivity contribution >= 4 is 34.3 Å². The molecule has 4 rings (SSSR count). The van der Waals surface area contributed by atoms with Gasteiger partial charge in [0, 0.05) is 23.9 Å². The number of aryl methyl sites for hydroxylation is 2. The van der Waals surface area contributed by atoms with E-state index >= 15 is 0 Å². The van der Waals surface area contributed by atoms with Crippen molar-refractivity contribution in [1.29, 1.82) is 5.26 Å². The van der Waals surface area contributed by atoms with Crippen molar-refractivity contribution < 1.29 is 0 Å². The van der Waals surface area contributed by atoms with Crippen LogP contribution in [-0.4, -0.2) is 15.0 Å². The average molecular weight is 392 g/mol. The Balaban J connectivity index is 1.88. The highest BCUT2D eigenvalue weighted by molar-refractivity contribution is 6.03. The average Bonchev–Trinajstić information content (AvgIpc) is 2.73. The second-order valence-corrected chi connectivity index (χ2v) is 7.00. The van der Waals surface area contributed by atoms with Crippen molar-refractivity contribution in [3.8, 4) is 17.2 Å². The quantitative estimate of drug-likeness (QED) is 0.465. The molecule has 6 nitrogen and oxygen atoms in total. The first-order valence-corrected chi connectivity index (χ1v) is 9.47. The molecule has 0 saturated carbocycles. The second kappa shape index (κ2) is 8.02. The van der Waals surface area contributed by atoms with Gasteiger partial charge in [-0.15, -0.1) is 0 Å². The SMILES string of the molecule is Cc1cc(/C=C/C#N)cc(C)c1-c1cccc2c(N)nc(Nc3cnccn3)cc12. The van der Waals surface area contributed by atoms with Crippen LogP contribution in [0.2, 0.25) is 0 Å². The van der Waals surface area contributed by atoms with Crippen LogP contribution in [0.15, 0.2) is 61.1 Å². The van der Waals surface area contributed by atoms with E-state index in [2.05, 4.69) is 52.3 Å². The van der Waals surface area contributed by atoms with Crippen molar-refractivity contribution in [3.63, 3.8) is 0 Å². The molecule has 4 aromatic rings. The zero-order valence-corrected chi connectivity index (χ0v) is 16.7. The minimum absolute atomic E-state index is 0.449. The maximum atomic E-state index is 8.81. The molecule has 0 bridgehead atoms. The Labute approximate surface area is 174 Å². The number of benzene rings is 2. The Morgan fingerprint density at radius 1 is 1.03 bits per heavy atom. The lowest BCUT2D eigenvalue weighted by Gasteiger charge is -2.16. The third-order valence-corrected chi connectivity index (χ3v) is 4.90. The third-order valence-electron chi connectivity index (χ3n) is 4.90. The topological polar surface area (TPSA) is 101 Å². The molecule has 6 heteroatoms. The van der Waals surface area contributed by atoms with Crippen LogP contribution in [0.25, 0.3) is 28.0 Å². The summed E-state index contributed by atoms with van der Waals surface area (Å²) in [7, 11) is 0. The Hall–Kier alpha value is -4.24. The number of nitrogen functional groups attached to an aromatic ring is 1. The number of fused-ring (bicyclic) bond motifs is 1. The maximum absolute atomic E-state index is 8.81. The van der Waals surface area contributed by atoms with Gasteiger partial charge < -0.3 is 11.1 Å². The number of anilines is 3. The van der Waals surface area contributed by atoms with Gasteiger partial charge in [-0.05, 0) is 59.2 Å². The lowest BCUT2D eigenvalue weighted by atomic mass is 9.90. The van der Waals surface area contributed by atoms with E-state index < -0.39 is 0 Å². The number of aromatic nitrogens is 3. The fourth-order valence-corrected chi connectivity index (χ4v) is 3.73. The molecule has 0 aliphatic carbocycles. The molecule has 0 aliphatic rings. The van der Waals surface area contributed by atoms with Gasteiger partial charge in [0.25, 0.3) is 0 Å². The number of nitriles is 1. The highest BCUT2D eigenvalue weighted by Crippen LogP contribution is 2.36. The number of nitrogens with zero attached hydrogens (tertiary/aromatic N) is 4. The van der Waals surface area contributed by atoms with E-state index in [1.165, 1.54) is 6.08 Å². The summed E-state index contributed by atoms with van der Waals surface area (Å²) in [6.07, 6.45) is 8.18. The van der Waals surface area contributed by atoms with Gasteiger partial charge in [0.1, 0.15) is 17.5 Å². The first-order chi connectivity index (χ1) is 14.6. The summed E-state index contributed by atoms with van der Waals surface area (Å²) in [4.78, 5) is 12.8. The molecule has 2 heterocycles. The van der Waals surface area contributed by atoms with Crippen LogP contribution in [0.5, 0.6) is 0 Å². The highest BCUT2D eigenvalue weighted by atomic mass is 15.1. The van der Waals surface area contributed by atoms with Gasteiger partial charge in [0.05, 0.1) is 12.3 Å². The zero-order chi connectivity index (χ0) is 21.1. The van der Waals surface area contributed by atoms with Crippen LogP contribution >= 0.6 is 0 Å². The number of nitrogens with two attached hydrogens (primary N) is 1. The number of hydrogen-bond acceptors (Lipinski definition) is 6. The number of nitrogens with one attached hydrogen (secondary N) is 1. The summed E-state index contributed by atoms with van der Waals surface area (Å²) < 4.78 is 0. The van der Waals surface area contributed by atoms with Gasteiger partial charge in [0.15, 0.2) is 0 Å². The third kappa shape index (κ3) is 3.69. The highest BCUT2D eigenvalue weighted by Gasteiger charge is 2.13. The number of allylic oxidation sites excluding steroid dienone is 1. The normalized spacial score (nSPS) is 11.0. The molecule has 0 atom stereocenters. The molecule has 0 spiro atoms. The molecular formula is C24H20N6.